The van der Waals surface area contributed by atoms with Gasteiger partial charge in [-0.3, -0.25) is 4.68 Å². The van der Waals surface area contributed by atoms with E-state index in [-0.39, 0.29) is 12.0 Å². The summed E-state index contributed by atoms with van der Waals surface area (Å²) >= 11 is 6.21. The van der Waals surface area contributed by atoms with Gasteiger partial charge in [0, 0.05) is 29.4 Å². The Labute approximate surface area is 240 Å². The number of ether oxygens (including phenoxy) is 1. The molecule has 0 bridgehead atoms. The largest absolute Gasteiger partial charge is 0.444 e. The monoisotopic (exact) mass is 557 g/mol. The summed E-state index contributed by atoms with van der Waals surface area (Å²) in [4.78, 5) is 14.5. The zero-order valence-electron chi connectivity index (χ0n) is 23.3. The Morgan fingerprint density at radius 1 is 0.900 bits per heavy atom. The van der Waals surface area contributed by atoms with Crippen LogP contribution in [-0.4, -0.2) is 44.6 Å². The predicted molar refractivity (Wildman–Crippen MR) is 158 cm³/mol. The number of carbonyl (C=O) groups is 1. The molecule has 1 N–H and O–H groups in total. The zero-order valence-corrected chi connectivity index (χ0v) is 24.1. The number of likely N-dealkylation sites (tertiary alicyclic amines) is 1. The van der Waals surface area contributed by atoms with Gasteiger partial charge in [-0.2, -0.15) is 5.10 Å². The minimum atomic E-state index is -1.36. The molecule has 1 aliphatic carbocycles. The van der Waals surface area contributed by atoms with E-state index in [4.69, 9.17) is 21.4 Å². The number of halogens is 1. The third-order valence-electron chi connectivity index (χ3n) is 8.03. The Balaban J connectivity index is 1.39. The van der Waals surface area contributed by atoms with Crippen LogP contribution in [0.2, 0.25) is 5.02 Å². The van der Waals surface area contributed by atoms with Crippen LogP contribution in [0, 0.1) is 0 Å². The van der Waals surface area contributed by atoms with Gasteiger partial charge in [-0.15, -0.1) is 0 Å². The molecule has 3 aromatic carbocycles. The fourth-order valence-corrected chi connectivity index (χ4v) is 5.95. The van der Waals surface area contributed by atoms with Crippen molar-refractivity contribution < 1.29 is 14.6 Å². The zero-order chi connectivity index (χ0) is 28.1. The van der Waals surface area contributed by atoms with Gasteiger partial charge in [0.1, 0.15) is 11.2 Å². The normalized spacial score (nSPS) is 18.1. The van der Waals surface area contributed by atoms with Gasteiger partial charge in [-0.05, 0) is 87.4 Å². The van der Waals surface area contributed by atoms with Gasteiger partial charge in [-0.1, -0.05) is 60.1 Å². The lowest BCUT2D eigenvalue weighted by molar-refractivity contribution is 0.0204. The number of amides is 1. The van der Waals surface area contributed by atoms with Gasteiger partial charge in [0.2, 0.25) is 0 Å². The topological polar surface area (TPSA) is 67.6 Å². The molecular weight excluding hydrogens is 522 g/mol. The molecule has 1 aromatic heterocycles. The van der Waals surface area contributed by atoms with E-state index >= 15 is 0 Å². The first-order valence-corrected chi connectivity index (χ1v) is 14.6. The number of aliphatic hydroxyl groups is 1. The number of aromatic nitrogens is 2. The van der Waals surface area contributed by atoms with E-state index in [1.807, 2.05) is 86.3 Å². The number of hydrogen-bond donors (Lipinski definition) is 1. The lowest BCUT2D eigenvalue weighted by Crippen LogP contribution is -2.41. The van der Waals surface area contributed by atoms with Gasteiger partial charge in [0.15, 0.2) is 0 Å². The van der Waals surface area contributed by atoms with Gasteiger partial charge < -0.3 is 14.7 Å². The molecule has 208 valence electrons. The number of piperidine rings is 1. The van der Waals surface area contributed by atoms with Crippen LogP contribution < -0.4 is 0 Å². The lowest BCUT2D eigenvalue weighted by atomic mass is 9.79. The molecule has 1 saturated carbocycles. The molecule has 1 amide bonds. The van der Waals surface area contributed by atoms with Gasteiger partial charge in [0.05, 0.1) is 17.3 Å². The Bertz CT molecular complexity index is 1510. The summed E-state index contributed by atoms with van der Waals surface area (Å²) in [6, 6.07) is 23.9. The number of hydrogen-bond acceptors (Lipinski definition) is 4. The number of benzene rings is 3. The molecule has 1 unspecified atom stereocenters. The smallest absolute Gasteiger partial charge is 0.410 e. The van der Waals surface area contributed by atoms with Crippen molar-refractivity contribution in [2.75, 3.05) is 13.1 Å². The summed E-state index contributed by atoms with van der Waals surface area (Å²) < 4.78 is 7.79. The highest BCUT2D eigenvalue weighted by Gasteiger charge is 2.37. The summed E-state index contributed by atoms with van der Waals surface area (Å²) in [5, 5.41) is 19.3. The van der Waals surface area contributed by atoms with E-state index in [9.17, 15) is 9.90 Å². The second kappa shape index (κ2) is 10.2. The molecule has 0 radical (unpaired) electrons. The lowest BCUT2D eigenvalue weighted by Gasteiger charge is -2.33. The summed E-state index contributed by atoms with van der Waals surface area (Å²) in [6.45, 7) is 6.96. The molecular formula is C33H36ClN3O3. The Hall–Kier alpha value is -3.35. The van der Waals surface area contributed by atoms with E-state index in [2.05, 4.69) is 16.8 Å². The van der Waals surface area contributed by atoms with Crippen molar-refractivity contribution in [3.63, 3.8) is 0 Å². The average Bonchev–Trinajstić information content (AvgIpc) is 3.72. The second-order valence-corrected chi connectivity index (χ2v) is 12.6. The van der Waals surface area contributed by atoms with Crippen molar-refractivity contribution in [3.8, 4) is 0 Å². The summed E-state index contributed by atoms with van der Waals surface area (Å²) in [5.74, 6) is 0.219. The average molecular weight is 558 g/mol. The van der Waals surface area contributed by atoms with Crippen molar-refractivity contribution in [1.29, 1.82) is 0 Å². The van der Waals surface area contributed by atoms with Crippen LogP contribution in [-0.2, 0) is 10.3 Å². The molecule has 2 heterocycles. The van der Waals surface area contributed by atoms with Gasteiger partial charge >= 0.3 is 6.09 Å². The first-order chi connectivity index (χ1) is 19.1. The van der Waals surface area contributed by atoms with Crippen molar-refractivity contribution >= 4 is 28.6 Å². The van der Waals surface area contributed by atoms with Crippen LogP contribution in [0.3, 0.4) is 0 Å². The van der Waals surface area contributed by atoms with Gasteiger partial charge in [0.25, 0.3) is 0 Å². The molecule has 0 spiro atoms. The van der Waals surface area contributed by atoms with Crippen LogP contribution in [0.5, 0.6) is 0 Å². The van der Waals surface area contributed by atoms with Crippen LogP contribution in [0.15, 0.2) is 72.8 Å². The maximum Gasteiger partial charge on any atom is 0.410 e. The summed E-state index contributed by atoms with van der Waals surface area (Å²) in [6.07, 6.45) is 3.65. The Morgan fingerprint density at radius 3 is 2.15 bits per heavy atom. The highest BCUT2D eigenvalue weighted by molar-refractivity contribution is 6.30. The number of rotatable bonds is 5. The Kier molecular flexibility index (Phi) is 6.87. The van der Waals surface area contributed by atoms with Crippen molar-refractivity contribution in [2.24, 2.45) is 0 Å². The number of carbonyl (C=O) groups excluding carboxylic acids is 1. The molecule has 6 nitrogen and oxygen atoms in total. The maximum absolute atomic E-state index is 12.7. The maximum atomic E-state index is 12.7. The van der Waals surface area contributed by atoms with E-state index in [1.165, 1.54) is 0 Å². The SMILES string of the molecule is CC(C)(C)OC(=O)N1CCC(c2nn(C3CC3)c3ccc(C(O)(c4ccccc4)c4ccc(Cl)cc4)cc23)CC1. The fourth-order valence-electron chi connectivity index (χ4n) is 5.82. The molecule has 1 aliphatic heterocycles. The molecule has 2 aliphatic rings. The minimum Gasteiger partial charge on any atom is -0.444 e. The third-order valence-corrected chi connectivity index (χ3v) is 8.28. The molecule has 2 fully saturated rings. The molecule has 7 heteroatoms. The molecule has 40 heavy (non-hydrogen) atoms. The van der Waals surface area contributed by atoms with E-state index in [1.54, 1.807) is 0 Å². The minimum absolute atomic E-state index is 0.219. The van der Waals surface area contributed by atoms with Crippen LogP contribution >= 0.6 is 11.6 Å². The second-order valence-electron chi connectivity index (χ2n) is 12.1. The summed E-state index contributed by atoms with van der Waals surface area (Å²) in [5.41, 5.74) is 2.61. The Morgan fingerprint density at radius 2 is 1.52 bits per heavy atom. The third kappa shape index (κ3) is 5.11. The first-order valence-electron chi connectivity index (χ1n) is 14.2. The summed E-state index contributed by atoms with van der Waals surface area (Å²) in [7, 11) is 0. The van der Waals surface area contributed by atoms with Crippen LogP contribution in [0.4, 0.5) is 4.79 Å². The van der Waals surface area contributed by atoms with Crippen molar-refractivity contribution in [3.05, 3.63) is 100 Å². The molecule has 4 aromatic rings. The highest BCUT2D eigenvalue weighted by atomic mass is 35.5. The van der Waals surface area contributed by atoms with Crippen LogP contribution in [0.25, 0.3) is 10.9 Å². The molecule has 6 rings (SSSR count). The number of nitrogens with zero attached hydrogens (tertiary/aromatic N) is 3. The van der Waals surface area contributed by atoms with Crippen molar-refractivity contribution in [2.45, 2.75) is 69.6 Å². The van der Waals surface area contributed by atoms with Gasteiger partial charge in [-0.25, -0.2) is 4.79 Å². The first kappa shape index (κ1) is 26.9. The standard InChI is InChI=1S/C33H36ClN3O3/c1-32(2,3)40-31(38)36-19-17-22(18-20-36)30-28-21-25(11-16-29(28)37(35-30)27-14-15-27)33(39,23-7-5-4-6-8-23)24-9-12-26(34)13-10-24/h4-13,16,21-22,27,39H,14-15,17-20H2,1-3H3. The van der Waals surface area contributed by atoms with E-state index in [0.29, 0.717) is 24.2 Å². The van der Waals surface area contributed by atoms with E-state index in [0.717, 1.165) is 59.0 Å². The fraction of sp³-hybridized carbons (Fsp3) is 0.394. The van der Waals surface area contributed by atoms with E-state index < -0.39 is 11.2 Å². The molecule has 1 saturated heterocycles. The predicted octanol–water partition coefficient (Wildman–Crippen LogP) is 7.42. The number of fused-ring (bicyclic) bond motifs is 1. The highest BCUT2D eigenvalue weighted by Crippen LogP contribution is 2.43. The van der Waals surface area contributed by atoms with Crippen molar-refractivity contribution in [1.82, 2.24) is 14.7 Å². The molecule has 1 atom stereocenters. The van der Waals surface area contributed by atoms with Crippen LogP contribution in [0.1, 0.15) is 80.8 Å². The quantitative estimate of drug-likeness (QED) is 0.259.